The second kappa shape index (κ2) is 9.28. The van der Waals surface area contributed by atoms with Gasteiger partial charge in [-0.25, -0.2) is 0 Å². The van der Waals surface area contributed by atoms with Crippen LogP contribution in [-0.2, 0) is 15.0 Å². The normalized spacial score (nSPS) is 18.4. The van der Waals surface area contributed by atoms with Crippen LogP contribution in [0.2, 0.25) is 0 Å². The predicted octanol–water partition coefficient (Wildman–Crippen LogP) is 5.13. The molecule has 190 valence electrons. The van der Waals surface area contributed by atoms with Gasteiger partial charge in [0.25, 0.3) is 11.7 Å². The Hall–Kier alpha value is -4.33. The van der Waals surface area contributed by atoms with E-state index in [0.717, 1.165) is 5.56 Å². The van der Waals surface area contributed by atoms with Crippen LogP contribution in [0.5, 0.6) is 17.2 Å². The number of rotatable bonds is 5. The number of hydrogen-bond donors (Lipinski definition) is 1. The van der Waals surface area contributed by atoms with E-state index in [1.54, 1.807) is 54.7 Å². The molecule has 2 aliphatic rings. The number of ketones is 1. The molecule has 0 bridgehead atoms. The first-order valence-electron chi connectivity index (χ1n) is 12.1. The predicted molar refractivity (Wildman–Crippen MR) is 138 cm³/mol. The van der Waals surface area contributed by atoms with E-state index in [2.05, 4.69) is 4.98 Å². The Kier molecular flexibility index (Phi) is 6.11. The summed E-state index contributed by atoms with van der Waals surface area (Å²) >= 11 is 0. The zero-order valence-corrected chi connectivity index (χ0v) is 21.1. The maximum atomic E-state index is 13.5. The Morgan fingerprint density at radius 3 is 2.57 bits per heavy atom. The number of Topliss-reactive ketones (excluding diaryl/α,β-unsaturated/α-hetero) is 1. The molecule has 2 aromatic carbocycles. The van der Waals surface area contributed by atoms with E-state index in [1.165, 1.54) is 4.90 Å². The van der Waals surface area contributed by atoms with E-state index >= 15 is 0 Å². The summed E-state index contributed by atoms with van der Waals surface area (Å²) in [6.45, 7) is 8.61. The zero-order chi connectivity index (χ0) is 26.3. The largest absolute Gasteiger partial charge is 0.507 e. The monoisotopic (exact) mass is 500 g/mol. The molecule has 0 aliphatic carbocycles. The summed E-state index contributed by atoms with van der Waals surface area (Å²) in [4.78, 5) is 32.6. The summed E-state index contributed by atoms with van der Waals surface area (Å²) in [5, 5.41) is 11.5. The van der Waals surface area contributed by atoms with Crippen molar-refractivity contribution in [3.63, 3.8) is 0 Å². The third-order valence-corrected chi connectivity index (χ3v) is 6.41. The van der Waals surface area contributed by atoms with Crippen molar-refractivity contribution in [2.75, 3.05) is 18.3 Å². The molecule has 1 amide bonds. The average molecular weight is 501 g/mol. The Balaban J connectivity index is 1.69. The van der Waals surface area contributed by atoms with Crippen LogP contribution >= 0.6 is 0 Å². The van der Waals surface area contributed by atoms with Gasteiger partial charge in [0.15, 0.2) is 11.5 Å². The fourth-order valence-corrected chi connectivity index (χ4v) is 4.65. The van der Waals surface area contributed by atoms with E-state index in [-0.39, 0.29) is 23.5 Å². The van der Waals surface area contributed by atoms with E-state index in [9.17, 15) is 14.7 Å². The minimum absolute atomic E-state index is 0.0367. The fraction of sp³-hybridized carbons (Fsp3) is 0.276. The molecule has 1 fully saturated rings. The first-order valence-corrected chi connectivity index (χ1v) is 12.1. The topological polar surface area (TPSA) is 98.2 Å². The standard InChI is InChI=1S/C29H28N2O6/c1-5-35-21-11-9-17(14-19(21)29(2,3)4)26(32)24-25(20-8-6-7-13-30-20)31(28(34)27(24)33)18-10-12-22-23(15-18)37-16-36-22/h6-15,25,32H,5,16H2,1-4H3/b26-24+. The Labute approximate surface area is 215 Å². The van der Waals surface area contributed by atoms with Gasteiger partial charge in [-0.2, -0.15) is 0 Å². The average Bonchev–Trinajstić information content (AvgIpc) is 3.45. The van der Waals surface area contributed by atoms with Gasteiger partial charge < -0.3 is 19.3 Å². The number of ether oxygens (including phenoxy) is 3. The molecule has 1 N–H and O–H groups in total. The number of aliphatic hydroxyl groups is 1. The van der Waals surface area contributed by atoms with Crippen molar-refractivity contribution in [2.24, 2.45) is 0 Å². The molecule has 2 aliphatic heterocycles. The molecule has 37 heavy (non-hydrogen) atoms. The van der Waals surface area contributed by atoms with Crippen molar-refractivity contribution in [2.45, 2.75) is 39.2 Å². The number of aromatic nitrogens is 1. The number of hydrogen-bond acceptors (Lipinski definition) is 7. The molecular formula is C29H28N2O6. The van der Waals surface area contributed by atoms with Crippen molar-refractivity contribution >= 4 is 23.1 Å². The van der Waals surface area contributed by atoms with Gasteiger partial charge in [-0.1, -0.05) is 26.8 Å². The lowest BCUT2D eigenvalue weighted by atomic mass is 9.84. The number of aliphatic hydroxyl groups excluding tert-OH is 1. The molecule has 1 unspecified atom stereocenters. The van der Waals surface area contributed by atoms with Crippen LogP contribution in [0.1, 0.15) is 50.6 Å². The number of carbonyl (C=O) groups excluding carboxylic acids is 2. The molecule has 1 atom stereocenters. The lowest BCUT2D eigenvalue weighted by Crippen LogP contribution is -2.29. The van der Waals surface area contributed by atoms with Crippen molar-refractivity contribution in [1.82, 2.24) is 4.98 Å². The lowest BCUT2D eigenvalue weighted by Gasteiger charge is -2.25. The Morgan fingerprint density at radius 2 is 1.86 bits per heavy atom. The van der Waals surface area contributed by atoms with Crippen LogP contribution in [0.25, 0.3) is 5.76 Å². The highest BCUT2D eigenvalue weighted by Gasteiger charge is 2.48. The Morgan fingerprint density at radius 1 is 1.08 bits per heavy atom. The number of nitrogens with zero attached hydrogens (tertiary/aromatic N) is 2. The van der Waals surface area contributed by atoms with Crippen LogP contribution < -0.4 is 19.1 Å². The molecule has 3 heterocycles. The molecule has 1 saturated heterocycles. The molecule has 0 radical (unpaired) electrons. The number of fused-ring (bicyclic) bond motifs is 1. The summed E-state index contributed by atoms with van der Waals surface area (Å²) in [7, 11) is 0. The van der Waals surface area contributed by atoms with Gasteiger partial charge in [-0.3, -0.25) is 19.5 Å². The minimum Gasteiger partial charge on any atom is -0.507 e. The second-order valence-electron chi connectivity index (χ2n) is 9.86. The third kappa shape index (κ3) is 4.28. The first kappa shape index (κ1) is 24.4. The second-order valence-corrected chi connectivity index (χ2v) is 9.86. The summed E-state index contributed by atoms with van der Waals surface area (Å²) < 4.78 is 16.7. The zero-order valence-electron chi connectivity index (χ0n) is 21.1. The lowest BCUT2D eigenvalue weighted by molar-refractivity contribution is -0.132. The third-order valence-electron chi connectivity index (χ3n) is 6.41. The molecule has 8 heteroatoms. The summed E-state index contributed by atoms with van der Waals surface area (Å²) in [6, 6.07) is 14.6. The van der Waals surface area contributed by atoms with Crippen LogP contribution in [0.4, 0.5) is 5.69 Å². The van der Waals surface area contributed by atoms with Gasteiger partial charge in [0.1, 0.15) is 17.6 Å². The molecule has 0 spiro atoms. The SMILES string of the molecule is CCOc1ccc(/C(O)=C2\C(=O)C(=O)N(c3ccc4c(c3)OCO4)C2c2ccccn2)cc1C(C)(C)C. The van der Waals surface area contributed by atoms with Crippen molar-refractivity contribution < 1.29 is 28.9 Å². The van der Waals surface area contributed by atoms with Crippen molar-refractivity contribution in [3.8, 4) is 17.2 Å². The quantitative estimate of drug-likeness (QED) is 0.295. The molecular weight excluding hydrogens is 472 g/mol. The molecule has 5 rings (SSSR count). The van der Waals surface area contributed by atoms with Crippen LogP contribution in [0.15, 0.2) is 66.4 Å². The highest BCUT2D eigenvalue weighted by molar-refractivity contribution is 6.51. The highest BCUT2D eigenvalue weighted by Crippen LogP contribution is 2.45. The number of benzene rings is 2. The fourth-order valence-electron chi connectivity index (χ4n) is 4.65. The molecule has 0 saturated carbocycles. The van der Waals surface area contributed by atoms with E-state index in [0.29, 0.717) is 40.8 Å². The van der Waals surface area contributed by atoms with Gasteiger partial charge in [-0.15, -0.1) is 0 Å². The molecule has 1 aromatic heterocycles. The summed E-state index contributed by atoms with van der Waals surface area (Å²) in [6.07, 6.45) is 1.59. The first-order chi connectivity index (χ1) is 17.7. The Bertz CT molecular complexity index is 1410. The molecule has 3 aromatic rings. The summed E-state index contributed by atoms with van der Waals surface area (Å²) in [5.41, 5.74) is 1.84. The van der Waals surface area contributed by atoms with E-state index < -0.39 is 17.7 Å². The van der Waals surface area contributed by atoms with E-state index in [4.69, 9.17) is 14.2 Å². The highest BCUT2D eigenvalue weighted by atomic mass is 16.7. The van der Waals surface area contributed by atoms with Crippen LogP contribution in [-0.4, -0.2) is 35.2 Å². The minimum atomic E-state index is -0.939. The van der Waals surface area contributed by atoms with Crippen molar-refractivity contribution in [3.05, 3.63) is 83.2 Å². The maximum Gasteiger partial charge on any atom is 0.300 e. The van der Waals surface area contributed by atoms with Gasteiger partial charge >= 0.3 is 0 Å². The number of amides is 1. The van der Waals surface area contributed by atoms with E-state index in [1.807, 2.05) is 33.8 Å². The maximum absolute atomic E-state index is 13.5. The van der Waals surface area contributed by atoms with Crippen molar-refractivity contribution in [1.29, 1.82) is 0 Å². The number of anilines is 1. The summed E-state index contributed by atoms with van der Waals surface area (Å²) in [5.74, 6) is -0.103. The smallest absolute Gasteiger partial charge is 0.300 e. The number of pyridine rings is 1. The van der Waals surface area contributed by atoms with Crippen LogP contribution in [0.3, 0.4) is 0 Å². The number of carbonyl (C=O) groups is 2. The van der Waals surface area contributed by atoms with Gasteiger partial charge in [0.05, 0.1) is 17.9 Å². The van der Waals surface area contributed by atoms with Gasteiger partial charge in [0, 0.05) is 29.1 Å². The molecule has 8 nitrogen and oxygen atoms in total. The van der Waals surface area contributed by atoms with Crippen LogP contribution in [0, 0.1) is 0 Å². The van der Waals surface area contributed by atoms with Gasteiger partial charge in [0.2, 0.25) is 6.79 Å². The van der Waals surface area contributed by atoms with Gasteiger partial charge in [-0.05, 0) is 54.8 Å².